The summed E-state index contributed by atoms with van der Waals surface area (Å²) in [6.45, 7) is 1.36. The smallest absolute Gasteiger partial charge is 0.303 e. The number of benzene rings is 2. The van der Waals surface area contributed by atoms with E-state index in [2.05, 4.69) is 0 Å². The summed E-state index contributed by atoms with van der Waals surface area (Å²) < 4.78 is 10.8. The second-order valence-corrected chi connectivity index (χ2v) is 6.59. The molecule has 0 spiro atoms. The van der Waals surface area contributed by atoms with E-state index in [1.54, 1.807) is 24.3 Å². The lowest BCUT2D eigenvalue weighted by atomic mass is 9.76. The van der Waals surface area contributed by atoms with Gasteiger partial charge in [0.1, 0.15) is 11.9 Å². The summed E-state index contributed by atoms with van der Waals surface area (Å²) in [6.07, 6.45) is 1.83. The third-order valence-electron chi connectivity index (χ3n) is 5.07. The monoisotopic (exact) mass is 350 g/mol. The summed E-state index contributed by atoms with van der Waals surface area (Å²) in [6, 6.07) is 8.60. The largest absolute Gasteiger partial charge is 0.496 e. The maximum absolute atomic E-state index is 13.3. The van der Waals surface area contributed by atoms with Crippen molar-refractivity contribution in [1.29, 1.82) is 0 Å². The van der Waals surface area contributed by atoms with Gasteiger partial charge in [0.15, 0.2) is 11.6 Å². The van der Waals surface area contributed by atoms with Gasteiger partial charge in [-0.1, -0.05) is 18.2 Å². The van der Waals surface area contributed by atoms with Crippen LogP contribution in [0.1, 0.15) is 68.8 Å². The van der Waals surface area contributed by atoms with E-state index in [4.69, 9.17) is 9.47 Å². The number of aryl methyl sites for hydroxylation is 1. The minimum absolute atomic E-state index is 0.218. The van der Waals surface area contributed by atoms with Crippen LogP contribution in [0, 0.1) is 0 Å². The van der Waals surface area contributed by atoms with Crippen molar-refractivity contribution >= 4 is 17.5 Å². The van der Waals surface area contributed by atoms with Gasteiger partial charge in [0.25, 0.3) is 0 Å². The molecule has 4 rings (SSSR count). The van der Waals surface area contributed by atoms with Crippen LogP contribution in [0.3, 0.4) is 0 Å². The SMILES string of the molecule is COc1cccc2c1C(=O)c1ccc3c(c1C2=O)C(OC(C)=O)CCC3. The number of hydrogen-bond acceptors (Lipinski definition) is 5. The molecule has 0 aliphatic heterocycles. The Labute approximate surface area is 150 Å². The molecule has 5 nitrogen and oxygen atoms in total. The Morgan fingerprint density at radius 3 is 2.50 bits per heavy atom. The standard InChI is InChI=1S/C21H18O5/c1-11(22)26-16-8-3-5-12-9-10-14-19(17(12)16)21(24)13-6-4-7-15(25-2)18(13)20(14)23/h4,6-7,9-10,16H,3,5,8H2,1-2H3. The Hall–Kier alpha value is -2.95. The van der Waals surface area contributed by atoms with E-state index in [0.717, 1.165) is 18.4 Å². The molecule has 2 aliphatic rings. The summed E-state index contributed by atoms with van der Waals surface area (Å²) in [5.41, 5.74) is 3.02. The number of rotatable bonds is 2. The minimum Gasteiger partial charge on any atom is -0.496 e. The fraction of sp³-hybridized carbons (Fsp3) is 0.286. The molecule has 0 amide bonds. The molecule has 26 heavy (non-hydrogen) atoms. The highest BCUT2D eigenvalue weighted by Gasteiger charge is 2.38. The van der Waals surface area contributed by atoms with Gasteiger partial charge in [0, 0.05) is 29.2 Å². The molecule has 0 radical (unpaired) electrons. The van der Waals surface area contributed by atoms with Gasteiger partial charge >= 0.3 is 5.97 Å². The molecule has 0 N–H and O–H groups in total. The molecule has 2 aromatic rings. The normalized spacial score (nSPS) is 17.8. The number of carbonyl (C=O) groups excluding carboxylic acids is 3. The number of esters is 1. The van der Waals surface area contributed by atoms with Gasteiger partial charge in [-0.25, -0.2) is 0 Å². The van der Waals surface area contributed by atoms with Crippen molar-refractivity contribution in [1.82, 2.24) is 0 Å². The van der Waals surface area contributed by atoms with Gasteiger partial charge in [0.2, 0.25) is 0 Å². The van der Waals surface area contributed by atoms with Crippen LogP contribution in [0.25, 0.3) is 0 Å². The van der Waals surface area contributed by atoms with Gasteiger partial charge in [-0.3, -0.25) is 14.4 Å². The molecule has 2 aliphatic carbocycles. The highest BCUT2D eigenvalue weighted by Crippen LogP contribution is 2.41. The van der Waals surface area contributed by atoms with Gasteiger partial charge in [-0.2, -0.15) is 0 Å². The van der Waals surface area contributed by atoms with Crippen LogP contribution in [0.4, 0.5) is 0 Å². The third-order valence-corrected chi connectivity index (χ3v) is 5.07. The zero-order valence-corrected chi connectivity index (χ0v) is 14.6. The van der Waals surface area contributed by atoms with Crippen LogP contribution >= 0.6 is 0 Å². The molecule has 132 valence electrons. The molecule has 0 saturated heterocycles. The first-order valence-corrected chi connectivity index (χ1v) is 8.62. The van der Waals surface area contributed by atoms with Crippen LogP contribution in [0.2, 0.25) is 0 Å². The lowest BCUT2D eigenvalue weighted by Crippen LogP contribution is -2.27. The molecular formula is C21H18O5. The number of ether oxygens (including phenoxy) is 2. The summed E-state index contributed by atoms with van der Waals surface area (Å²) in [5.74, 6) is -0.454. The van der Waals surface area contributed by atoms with E-state index in [0.29, 0.717) is 40.0 Å². The first-order chi connectivity index (χ1) is 12.5. The molecular weight excluding hydrogens is 332 g/mol. The Balaban J connectivity index is 1.96. The van der Waals surface area contributed by atoms with Crippen molar-refractivity contribution < 1.29 is 23.9 Å². The number of carbonyl (C=O) groups is 3. The molecule has 0 saturated carbocycles. The van der Waals surface area contributed by atoms with Crippen LogP contribution in [-0.4, -0.2) is 24.6 Å². The van der Waals surface area contributed by atoms with E-state index in [1.165, 1.54) is 14.0 Å². The fourth-order valence-electron chi connectivity index (χ4n) is 4.02. The second-order valence-electron chi connectivity index (χ2n) is 6.59. The summed E-state index contributed by atoms with van der Waals surface area (Å²) >= 11 is 0. The van der Waals surface area contributed by atoms with E-state index >= 15 is 0 Å². The first-order valence-electron chi connectivity index (χ1n) is 8.62. The topological polar surface area (TPSA) is 69.7 Å². The van der Waals surface area contributed by atoms with Crippen molar-refractivity contribution in [3.05, 3.63) is 63.7 Å². The molecule has 2 aromatic carbocycles. The number of ketones is 2. The van der Waals surface area contributed by atoms with Crippen LogP contribution < -0.4 is 4.74 Å². The average Bonchev–Trinajstić information content (AvgIpc) is 2.64. The molecule has 5 heteroatoms. The molecule has 0 bridgehead atoms. The summed E-state index contributed by atoms with van der Waals surface area (Å²) in [5, 5.41) is 0. The van der Waals surface area contributed by atoms with E-state index in [-0.39, 0.29) is 11.6 Å². The van der Waals surface area contributed by atoms with E-state index in [1.807, 2.05) is 6.07 Å². The Morgan fingerprint density at radius 1 is 1.04 bits per heavy atom. The van der Waals surface area contributed by atoms with E-state index in [9.17, 15) is 14.4 Å². The van der Waals surface area contributed by atoms with Crippen molar-refractivity contribution in [2.45, 2.75) is 32.3 Å². The average molecular weight is 350 g/mol. The van der Waals surface area contributed by atoms with Crippen LogP contribution in [-0.2, 0) is 16.0 Å². The second kappa shape index (κ2) is 6.09. The fourth-order valence-corrected chi connectivity index (χ4v) is 4.02. The van der Waals surface area contributed by atoms with Crippen molar-refractivity contribution in [3.63, 3.8) is 0 Å². The number of fused-ring (bicyclic) bond motifs is 4. The van der Waals surface area contributed by atoms with Crippen molar-refractivity contribution in [3.8, 4) is 5.75 Å². The zero-order chi connectivity index (χ0) is 18.4. The maximum Gasteiger partial charge on any atom is 0.303 e. The highest BCUT2D eigenvalue weighted by atomic mass is 16.5. The summed E-state index contributed by atoms with van der Waals surface area (Å²) in [4.78, 5) is 37.9. The first kappa shape index (κ1) is 16.5. The Bertz CT molecular complexity index is 957. The van der Waals surface area contributed by atoms with Crippen LogP contribution in [0.15, 0.2) is 30.3 Å². The number of methoxy groups -OCH3 is 1. The highest BCUT2D eigenvalue weighted by molar-refractivity contribution is 6.30. The maximum atomic E-state index is 13.3. The minimum atomic E-state index is -0.491. The lowest BCUT2D eigenvalue weighted by molar-refractivity contribution is -0.147. The zero-order valence-electron chi connectivity index (χ0n) is 14.6. The molecule has 0 heterocycles. The molecule has 0 fully saturated rings. The van der Waals surface area contributed by atoms with Gasteiger partial charge in [-0.15, -0.1) is 0 Å². The molecule has 0 aromatic heterocycles. The van der Waals surface area contributed by atoms with Gasteiger partial charge < -0.3 is 9.47 Å². The quantitative estimate of drug-likeness (QED) is 0.663. The lowest BCUT2D eigenvalue weighted by Gasteiger charge is -2.30. The molecule has 1 unspecified atom stereocenters. The van der Waals surface area contributed by atoms with Crippen molar-refractivity contribution in [2.75, 3.05) is 7.11 Å². The predicted octanol–water partition coefficient (Wildman–Crippen LogP) is 3.41. The van der Waals surface area contributed by atoms with Gasteiger partial charge in [0.05, 0.1) is 12.7 Å². The number of hydrogen-bond donors (Lipinski definition) is 0. The third kappa shape index (κ3) is 2.35. The summed E-state index contributed by atoms with van der Waals surface area (Å²) in [7, 11) is 1.48. The molecule has 1 atom stereocenters. The Morgan fingerprint density at radius 2 is 1.77 bits per heavy atom. The van der Waals surface area contributed by atoms with Crippen LogP contribution in [0.5, 0.6) is 5.75 Å². The van der Waals surface area contributed by atoms with E-state index < -0.39 is 12.1 Å². The van der Waals surface area contributed by atoms with Crippen molar-refractivity contribution in [2.24, 2.45) is 0 Å². The Kier molecular flexibility index (Phi) is 3.87. The predicted molar refractivity (Wildman–Crippen MR) is 93.7 cm³/mol. The van der Waals surface area contributed by atoms with Gasteiger partial charge in [-0.05, 0) is 37.0 Å².